The summed E-state index contributed by atoms with van der Waals surface area (Å²) < 4.78 is 31.9. The number of nitrogens with zero attached hydrogens (tertiary/aromatic N) is 1. The van der Waals surface area contributed by atoms with Crippen LogP contribution in [0.3, 0.4) is 0 Å². The third-order valence-corrected chi connectivity index (χ3v) is 4.84. The summed E-state index contributed by atoms with van der Waals surface area (Å²) in [4.78, 5) is 24.4. The van der Waals surface area contributed by atoms with Gasteiger partial charge in [-0.3, -0.25) is 9.59 Å². The molecule has 3 rings (SSSR count). The van der Waals surface area contributed by atoms with E-state index in [1.807, 2.05) is 6.07 Å². The fraction of sp³-hybridized carbons (Fsp3) is 0.0417. The van der Waals surface area contributed by atoms with Crippen LogP contribution in [0.5, 0.6) is 5.75 Å². The molecule has 0 fully saturated rings. The maximum absolute atomic E-state index is 13.0. The standard InChI is InChI=1S/C24H16BrF2N3O3/c25-21-12-15(11-16(13-28)24(32)30-20-8-4-18(27)5-9-20)1-10-22(21)33-14-23(31)29-19-6-2-17(26)3-7-19/h1-12H,14H2,(H,29,31)(H,30,32)/b16-11+. The molecular formula is C24H16BrF2N3O3. The number of halogens is 3. The molecular weight excluding hydrogens is 496 g/mol. The van der Waals surface area contributed by atoms with E-state index in [1.54, 1.807) is 18.2 Å². The molecule has 9 heteroatoms. The quantitative estimate of drug-likeness (QED) is 0.333. The fourth-order valence-corrected chi connectivity index (χ4v) is 3.16. The van der Waals surface area contributed by atoms with E-state index in [0.29, 0.717) is 27.2 Å². The van der Waals surface area contributed by atoms with Crippen LogP contribution in [0.4, 0.5) is 20.2 Å². The highest BCUT2D eigenvalue weighted by molar-refractivity contribution is 9.10. The van der Waals surface area contributed by atoms with Gasteiger partial charge in [-0.2, -0.15) is 5.26 Å². The maximum atomic E-state index is 13.0. The van der Waals surface area contributed by atoms with Gasteiger partial charge in [-0.05, 0) is 88.2 Å². The van der Waals surface area contributed by atoms with Crippen LogP contribution in [0, 0.1) is 23.0 Å². The van der Waals surface area contributed by atoms with Crippen molar-refractivity contribution >= 4 is 45.2 Å². The number of ether oxygens (including phenoxy) is 1. The van der Waals surface area contributed by atoms with E-state index in [4.69, 9.17) is 4.74 Å². The van der Waals surface area contributed by atoms with Crippen LogP contribution in [0.15, 0.2) is 76.8 Å². The van der Waals surface area contributed by atoms with E-state index in [2.05, 4.69) is 26.6 Å². The monoisotopic (exact) mass is 511 g/mol. The number of benzene rings is 3. The molecule has 0 saturated carbocycles. The highest BCUT2D eigenvalue weighted by Crippen LogP contribution is 2.27. The lowest BCUT2D eigenvalue weighted by molar-refractivity contribution is -0.118. The number of carbonyl (C=O) groups excluding carboxylic acids is 2. The van der Waals surface area contributed by atoms with E-state index < -0.39 is 23.4 Å². The summed E-state index contributed by atoms with van der Waals surface area (Å²) in [6.45, 7) is -0.283. The van der Waals surface area contributed by atoms with Gasteiger partial charge < -0.3 is 15.4 Å². The molecule has 0 unspecified atom stereocenters. The lowest BCUT2D eigenvalue weighted by Crippen LogP contribution is -2.20. The number of nitriles is 1. The Morgan fingerprint density at radius 2 is 1.52 bits per heavy atom. The molecule has 0 radical (unpaired) electrons. The zero-order chi connectivity index (χ0) is 23.8. The van der Waals surface area contributed by atoms with Crippen molar-refractivity contribution in [3.8, 4) is 11.8 Å². The molecule has 0 saturated heterocycles. The first-order valence-corrected chi connectivity index (χ1v) is 10.3. The Balaban J connectivity index is 1.62. The van der Waals surface area contributed by atoms with E-state index in [9.17, 15) is 23.6 Å². The molecule has 3 aromatic carbocycles. The van der Waals surface area contributed by atoms with E-state index in [1.165, 1.54) is 54.6 Å². The van der Waals surface area contributed by atoms with E-state index in [0.717, 1.165) is 0 Å². The number of anilines is 2. The second-order valence-corrected chi connectivity index (χ2v) is 7.52. The lowest BCUT2D eigenvalue weighted by Gasteiger charge is -2.10. The Morgan fingerprint density at radius 1 is 0.939 bits per heavy atom. The van der Waals surface area contributed by atoms with Crippen LogP contribution < -0.4 is 15.4 Å². The minimum absolute atomic E-state index is 0.154. The Labute approximate surface area is 196 Å². The molecule has 0 aliphatic heterocycles. The summed E-state index contributed by atoms with van der Waals surface area (Å²) in [5, 5.41) is 14.5. The van der Waals surface area contributed by atoms with Crippen molar-refractivity contribution in [3.05, 3.63) is 94.0 Å². The first-order chi connectivity index (χ1) is 15.8. The first-order valence-electron chi connectivity index (χ1n) is 9.50. The molecule has 0 spiro atoms. The number of carbonyl (C=O) groups is 2. The number of rotatable bonds is 7. The van der Waals surface area contributed by atoms with Gasteiger partial charge in [0.15, 0.2) is 6.61 Å². The third-order valence-electron chi connectivity index (χ3n) is 4.22. The van der Waals surface area contributed by atoms with Gasteiger partial charge in [0.2, 0.25) is 0 Å². The summed E-state index contributed by atoms with van der Waals surface area (Å²) in [6.07, 6.45) is 1.38. The second kappa shape index (κ2) is 11.0. The second-order valence-electron chi connectivity index (χ2n) is 6.66. The van der Waals surface area contributed by atoms with Gasteiger partial charge in [0, 0.05) is 11.4 Å². The van der Waals surface area contributed by atoms with Gasteiger partial charge in [-0.15, -0.1) is 0 Å². The predicted molar refractivity (Wildman–Crippen MR) is 123 cm³/mol. The Kier molecular flexibility index (Phi) is 7.89. The van der Waals surface area contributed by atoms with Gasteiger partial charge in [0.05, 0.1) is 4.47 Å². The number of hydrogen-bond donors (Lipinski definition) is 2. The number of nitrogens with one attached hydrogen (secondary N) is 2. The van der Waals surface area contributed by atoms with Crippen LogP contribution in [-0.2, 0) is 9.59 Å². The third kappa shape index (κ3) is 6.98. The molecule has 0 aliphatic rings. The fourth-order valence-electron chi connectivity index (χ4n) is 2.64. The van der Waals surface area contributed by atoms with Gasteiger partial charge in [-0.25, -0.2) is 8.78 Å². The number of amides is 2. The molecule has 3 aromatic rings. The molecule has 166 valence electrons. The lowest BCUT2D eigenvalue weighted by atomic mass is 10.1. The molecule has 0 aliphatic carbocycles. The largest absolute Gasteiger partial charge is 0.483 e. The maximum Gasteiger partial charge on any atom is 0.266 e. The normalized spacial score (nSPS) is 10.8. The summed E-state index contributed by atoms with van der Waals surface area (Å²) in [5.41, 5.74) is 1.17. The van der Waals surface area contributed by atoms with Gasteiger partial charge in [0.25, 0.3) is 11.8 Å². The first kappa shape index (κ1) is 23.6. The minimum Gasteiger partial charge on any atom is -0.483 e. The van der Waals surface area contributed by atoms with Crippen LogP contribution in [-0.4, -0.2) is 18.4 Å². The van der Waals surface area contributed by atoms with E-state index >= 15 is 0 Å². The summed E-state index contributed by atoms with van der Waals surface area (Å²) in [7, 11) is 0. The van der Waals surface area contributed by atoms with Crippen molar-refractivity contribution in [1.82, 2.24) is 0 Å². The topological polar surface area (TPSA) is 91.2 Å². The smallest absolute Gasteiger partial charge is 0.266 e. The SMILES string of the molecule is N#C/C(=C\c1ccc(OCC(=O)Nc2ccc(F)cc2)c(Br)c1)C(=O)Nc1ccc(F)cc1. The average molecular weight is 512 g/mol. The van der Waals surface area contributed by atoms with Crippen LogP contribution in [0.25, 0.3) is 6.08 Å². The molecule has 0 atom stereocenters. The molecule has 33 heavy (non-hydrogen) atoms. The van der Waals surface area contributed by atoms with Crippen molar-refractivity contribution in [1.29, 1.82) is 5.26 Å². The Hall–Kier alpha value is -4.03. The Bertz CT molecular complexity index is 1240. The van der Waals surface area contributed by atoms with Gasteiger partial charge in [0.1, 0.15) is 29.0 Å². The van der Waals surface area contributed by atoms with Crippen molar-refractivity contribution in [2.75, 3.05) is 17.2 Å². The molecule has 2 N–H and O–H groups in total. The van der Waals surface area contributed by atoms with Crippen molar-refractivity contribution < 1.29 is 23.1 Å². The molecule has 0 aromatic heterocycles. The highest BCUT2D eigenvalue weighted by Gasteiger charge is 2.11. The van der Waals surface area contributed by atoms with E-state index in [-0.39, 0.29) is 12.2 Å². The van der Waals surface area contributed by atoms with Crippen LogP contribution in [0.2, 0.25) is 0 Å². The zero-order valence-corrected chi connectivity index (χ0v) is 18.5. The zero-order valence-electron chi connectivity index (χ0n) is 16.9. The molecule has 6 nitrogen and oxygen atoms in total. The van der Waals surface area contributed by atoms with Gasteiger partial charge >= 0.3 is 0 Å². The van der Waals surface area contributed by atoms with Crippen LogP contribution >= 0.6 is 15.9 Å². The minimum atomic E-state index is -0.641. The summed E-state index contributed by atoms with van der Waals surface area (Å²) in [6, 6.07) is 17.1. The van der Waals surface area contributed by atoms with Crippen molar-refractivity contribution in [2.24, 2.45) is 0 Å². The van der Waals surface area contributed by atoms with Crippen molar-refractivity contribution in [3.63, 3.8) is 0 Å². The number of hydrogen-bond acceptors (Lipinski definition) is 4. The Morgan fingerprint density at radius 3 is 2.06 bits per heavy atom. The predicted octanol–water partition coefficient (Wildman–Crippen LogP) is 5.29. The molecule has 2 amide bonds. The van der Waals surface area contributed by atoms with Crippen molar-refractivity contribution in [2.45, 2.75) is 0 Å². The summed E-state index contributed by atoms with van der Waals surface area (Å²) in [5.74, 6) is -1.55. The average Bonchev–Trinajstić information content (AvgIpc) is 2.80. The molecule has 0 bridgehead atoms. The molecule has 0 heterocycles. The highest BCUT2D eigenvalue weighted by atomic mass is 79.9. The van der Waals surface area contributed by atoms with Crippen LogP contribution in [0.1, 0.15) is 5.56 Å². The summed E-state index contributed by atoms with van der Waals surface area (Å²) >= 11 is 3.33. The van der Waals surface area contributed by atoms with Gasteiger partial charge in [-0.1, -0.05) is 6.07 Å².